The lowest BCUT2D eigenvalue weighted by molar-refractivity contribution is 0.304. The zero-order valence-electron chi connectivity index (χ0n) is 12.4. The topological polar surface area (TPSA) is 12.5 Å². The van der Waals surface area contributed by atoms with Gasteiger partial charge in [-0.2, -0.15) is 0 Å². The molecular formula is C17H20BrNOS. The van der Waals surface area contributed by atoms with E-state index in [4.69, 9.17) is 4.74 Å². The third kappa shape index (κ3) is 5.38. The highest BCUT2D eigenvalue weighted by molar-refractivity contribution is 9.10. The summed E-state index contributed by atoms with van der Waals surface area (Å²) in [5.74, 6) is 0.876. The highest BCUT2D eigenvalue weighted by Crippen LogP contribution is 2.31. The molecule has 2 aromatic rings. The average Bonchev–Trinajstić information content (AvgIpc) is 2.48. The van der Waals surface area contributed by atoms with Gasteiger partial charge in [-0.3, -0.25) is 0 Å². The first-order chi connectivity index (χ1) is 10.2. The second-order valence-corrected chi connectivity index (χ2v) is 6.94. The summed E-state index contributed by atoms with van der Waals surface area (Å²) in [6, 6.07) is 16.4. The standard InChI is InChI=1S/C17H20BrNOS/c1-3-11-19(2)21-15-9-10-17(16(18)12-15)20-13-14-7-5-4-6-8-14/h4-10,12H,3,11,13H2,1-2H3. The zero-order valence-corrected chi connectivity index (χ0v) is 14.8. The molecule has 0 fully saturated rings. The van der Waals surface area contributed by atoms with Gasteiger partial charge in [-0.05, 0) is 65.1 Å². The predicted molar refractivity (Wildman–Crippen MR) is 93.7 cm³/mol. The summed E-state index contributed by atoms with van der Waals surface area (Å²) in [5.41, 5.74) is 1.17. The maximum Gasteiger partial charge on any atom is 0.134 e. The minimum absolute atomic E-state index is 0.585. The van der Waals surface area contributed by atoms with Crippen molar-refractivity contribution in [3.63, 3.8) is 0 Å². The van der Waals surface area contributed by atoms with E-state index in [0.29, 0.717) is 6.61 Å². The molecule has 21 heavy (non-hydrogen) atoms. The predicted octanol–water partition coefficient (Wildman–Crippen LogP) is 5.38. The molecule has 4 heteroatoms. The van der Waals surface area contributed by atoms with Gasteiger partial charge in [0.05, 0.1) is 4.47 Å². The lowest BCUT2D eigenvalue weighted by atomic mass is 10.2. The molecule has 0 unspecified atom stereocenters. The smallest absolute Gasteiger partial charge is 0.134 e. The summed E-state index contributed by atoms with van der Waals surface area (Å²) in [6.45, 7) is 3.85. The van der Waals surface area contributed by atoms with Crippen LogP contribution in [0.1, 0.15) is 18.9 Å². The Morgan fingerprint density at radius 3 is 2.57 bits per heavy atom. The van der Waals surface area contributed by atoms with Gasteiger partial charge < -0.3 is 4.74 Å². The van der Waals surface area contributed by atoms with Crippen LogP contribution in [0.2, 0.25) is 0 Å². The van der Waals surface area contributed by atoms with Crippen LogP contribution in [0.25, 0.3) is 0 Å². The molecule has 2 rings (SSSR count). The normalized spacial score (nSPS) is 10.9. The van der Waals surface area contributed by atoms with E-state index in [1.807, 2.05) is 24.3 Å². The fourth-order valence-corrected chi connectivity index (χ4v) is 3.51. The molecule has 0 spiro atoms. The SMILES string of the molecule is CCCN(C)Sc1ccc(OCc2ccccc2)c(Br)c1. The molecular weight excluding hydrogens is 346 g/mol. The maximum atomic E-state index is 5.86. The Hall–Kier alpha value is -0.970. The van der Waals surface area contributed by atoms with E-state index < -0.39 is 0 Å². The highest BCUT2D eigenvalue weighted by Gasteiger charge is 2.06. The van der Waals surface area contributed by atoms with E-state index in [2.05, 4.69) is 58.5 Å². The van der Waals surface area contributed by atoms with Crippen LogP contribution in [0, 0.1) is 0 Å². The molecule has 0 heterocycles. The van der Waals surface area contributed by atoms with Crippen LogP contribution >= 0.6 is 27.9 Å². The molecule has 0 amide bonds. The van der Waals surface area contributed by atoms with E-state index in [-0.39, 0.29) is 0 Å². The van der Waals surface area contributed by atoms with Crippen LogP contribution in [-0.2, 0) is 6.61 Å². The van der Waals surface area contributed by atoms with Gasteiger partial charge in [-0.1, -0.05) is 37.3 Å². The third-order valence-corrected chi connectivity index (χ3v) is 4.52. The van der Waals surface area contributed by atoms with E-state index in [9.17, 15) is 0 Å². The molecule has 2 nitrogen and oxygen atoms in total. The molecule has 0 N–H and O–H groups in total. The number of benzene rings is 2. The monoisotopic (exact) mass is 365 g/mol. The Balaban J connectivity index is 1.96. The second kappa shape index (κ2) is 8.47. The summed E-state index contributed by atoms with van der Waals surface area (Å²) >= 11 is 5.35. The van der Waals surface area contributed by atoms with E-state index in [0.717, 1.165) is 23.2 Å². The van der Waals surface area contributed by atoms with Gasteiger partial charge in [-0.25, -0.2) is 4.31 Å². The van der Waals surface area contributed by atoms with Crippen molar-refractivity contribution >= 4 is 27.9 Å². The Bertz CT molecular complexity index is 562. The minimum Gasteiger partial charge on any atom is -0.488 e. The van der Waals surface area contributed by atoms with E-state index in [1.165, 1.54) is 10.5 Å². The Morgan fingerprint density at radius 2 is 1.90 bits per heavy atom. The number of hydrogen-bond donors (Lipinski definition) is 0. The van der Waals surface area contributed by atoms with Crippen molar-refractivity contribution in [2.45, 2.75) is 24.8 Å². The molecule has 0 radical (unpaired) electrons. The van der Waals surface area contributed by atoms with Crippen molar-refractivity contribution in [3.05, 3.63) is 58.6 Å². The van der Waals surface area contributed by atoms with Gasteiger partial charge in [0.15, 0.2) is 0 Å². The van der Waals surface area contributed by atoms with Crippen molar-refractivity contribution in [1.29, 1.82) is 0 Å². The van der Waals surface area contributed by atoms with Crippen molar-refractivity contribution in [2.75, 3.05) is 13.6 Å². The highest BCUT2D eigenvalue weighted by atomic mass is 79.9. The molecule has 0 saturated carbocycles. The summed E-state index contributed by atoms with van der Waals surface area (Å²) in [7, 11) is 2.11. The van der Waals surface area contributed by atoms with Crippen LogP contribution < -0.4 is 4.74 Å². The van der Waals surface area contributed by atoms with Gasteiger partial charge in [0.1, 0.15) is 12.4 Å². The number of ether oxygens (including phenoxy) is 1. The molecule has 0 saturated heterocycles. The van der Waals surface area contributed by atoms with Gasteiger partial charge in [0.2, 0.25) is 0 Å². The molecule has 0 aliphatic rings. The second-order valence-electron chi connectivity index (χ2n) is 4.81. The van der Waals surface area contributed by atoms with Crippen LogP contribution in [0.5, 0.6) is 5.75 Å². The first-order valence-electron chi connectivity index (χ1n) is 7.04. The zero-order chi connectivity index (χ0) is 15.1. The summed E-state index contributed by atoms with van der Waals surface area (Å²) < 4.78 is 9.10. The quantitative estimate of drug-likeness (QED) is 0.611. The van der Waals surface area contributed by atoms with E-state index >= 15 is 0 Å². The van der Waals surface area contributed by atoms with Crippen LogP contribution in [0.15, 0.2) is 57.9 Å². The molecule has 0 aliphatic heterocycles. The first kappa shape index (κ1) is 16.4. The summed E-state index contributed by atoms with van der Waals surface area (Å²) in [6.07, 6.45) is 1.16. The Kier molecular flexibility index (Phi) is 6.61. The molecule has 0 aromatic heterocycles. The van der Waals surface area contributed by atoms with Gasteiger partial charge in [-0.15, -0.1) is 0 Å². The van der Waals surface area contributed by atoms with Crippen molar-refractivity contribution in [3.8, 4) is 5.75 Å². The van der Waals surface area contributed by atoms with E-state index in [1.54, 1.807) is 11.9 Å². The van der Waals surface area contributed by atoms with Gasteiger partial charge >= 0.3 is 0 Å². The fraction of sp³-hybridized carbons (Fsp3) is 0.294. The number of halogens is 1. The number of hydrogen-bond acceptors (Lipinski definition) is 3. The molecule has 0 aliphatic carbocycles. The fourth-order valence-electron chi connectivity index (χ4n) is 1.93. The molecule has 2 aromatic carbocycles. The summed E-state index contributed by atoms with van der Waals surface area (Å²) in [5, 5.41) is 0. The number of nitrogens with zero attached hydrogens (tertiary/aromatic N) is 1. The number of rotatable bonds is 7. The lowest BCUT2D eigenvalue weighted by Crippen LogP contribution is -2.09. The Morgan fingerprint density at radius 1 is 1.14 bits per heavy atom. The largest absolute Gasteiger partial charge is 0.488 e. The minimum atomic E-state index is 0.585. The maximum absolute atomic E-state index is 5.86. The van der Waals surface area contributed by atoms with Gasteiger partial charge in [0, 0.05) is 11.4 Å². The van der Waals surface area contributed by atoms with Crippen molar-refractivity contribution in [2.24, 2.45) is 0 Å². The van der Waals surface area contributed by atoms with Crippen molar-refractivity contribution < 1.29 is 4.74 Å². The third-order valence-electron chi connectivity index (χ3n) is 2.94. The van der Waals surface area contributed by atoms with Crippen LogP contribution in [0.3, 0.4) is 0 Å². The molecule has 0 bridgehead atoms. The molecule has 112 valence electrons. The van der Waals surface area contributed by atoms with Crippen molar-refractivity contribution in [1.82, 2.24) is 4.31 Å². The van der Waals surface area contributed by atoms with Gasteiger partial charge in [0.25, 0.3) is 0 Å². The Labute approximate surface area is 139 Å². The first-order valence-corrected chi connectivity index (χ1v) is 8.61. The van der Waals surface area contributed by atoms with Crippen LogP contribution in [-0.4, -0.2) is 17.9 Å². The average molecular weight is 366 g/mol. The summed E-state index contributed by atoms with van der Waals surface area (Å²) in [4.78, 5) is 1.21. The molecule has 0 atom stereocenters. The van der Waals surface area contributed by atoms with Crippen LogP contribution in [0.4, 0.5) is 0 Å². The lowest BCUT2D eigenvalue weighted by Gasteiger charge is -2.15.